The van der Waals surface area contributed by atoms with E-state index < -0.39 is 0 Å². The summed E-state index contributed by atoms with van der Waals surface area (Å²) in [6.45, 7) is 4.01. The van der Waals surface area contributed by atoms with Crippen LogP contribution < -0.4 is 5.73 Å². The number of hydrogen-bond acceptors (Lipinski definition) is 4. The molecule has 0 saturated heterocycles. The second-order valence-corrected chi connectivity index (χ2v) is 4.34. The molecule has 0 spiro atoms. The molecule has 0 fully saturated rings. The van der Waals surface area contributed by atoms with Crippen molar-refractivity contribution in [1.29, 1.82) is 0 Å². The van der Waals surface area contributed by atoms with E-state index in [2.05, 4.69) is 28.6 Å². The predicted octanol–water partition coefficient (Wildman–Crippen LogP) is 2.20. The number of aromatic nitrogens is 2. The molecule has 0 amide bonds. The van der Waals surface area contributed by atoms with E-state index in [0.29, 0.717) is 0 Å². The Hall–Kier alpha value is -1.26. The third-order valence-corrected chi connectivity index (χ3v) is 3.40. The molecule has 0 aliphatic heterocycles. The van der Waals surface area contributed by atoms with Gasteiger partial charge in [-0.25, -0.2) is 0 Å². The zero-order chi connectivity index (χ0) is 10.8. The Labute approximate surface area is 93.1 Å². The van der Waals surface area contributed by atoms with Crippen molar-refractivity contribution in [3.05, 3.63) is 46.0 Å². The van der Waals surface area contributed by atoms with Gasteiger partial charge in [-0.3, -0.25) is 0 Å². The fourth-order valence-corrected chi connectivity index (χ4v) is 2.26. The van der Waals surface area contributed by atoms with E-state index >= 15 is 0 Å². The number of nitrogens with zero attached hydrogens (tertiary/aromatic N) is 2. The van der Waals surface area contributed by atoms with Crippen LogP contribution in [0.2, 0.25) is 0 Å². The molecule has 3 nitrogen and oxygen atoms in total. The maximum Gasteiger partial charge on any atom is 0.0776 e. The third kappa shape index (κ3) is 1.91. The van der Waals surface area contributed by atoms with Crippen LogP contribution in [0.1, 0.15) is 27.7 Å². The monoisotopic (exact) mass is 219 g/mol. The highest BCUT2D eigenvalue weighted by Crippen LogP contribution is 2.26. The molecule has 1 unspecified atom stereocenters. The van der Waals surface area contributed by atoms with Crippen molar-refractivity contribution in [2.45, 2.75) is 19.9 Å². The summed E-state index contributed by atoms with van der Waals surface area (Å²) in [4.78, 5) is 1.05. The molecule has 1 aromatic carbocycles. The average molecular weight is 219 g/mol. The maximum atomic E-state index is 6.19. The smallest absolute Gasteiger partial charge is 0.0776 e. The van der Waals surface area contributed by atoms with Crippen LogP contribution in [-0.2, 0) is 0 Å². The van der Waals surface area contributed by atoms with Gasteiger partial charge in [0.05, 0.1) is 16.6 Å². The number of nitrogens with two attached hydrogens (primary N) is 1. The highest BCUT2D eigenvalue weighted by Gasteiger charge is 2.16. The van der Waals surface area contributed by atoms with Crippen molar-refractivity contribution in [3.63, 3.8) is 0 Å². The van der Waals surface area contributed by atoms with E-state index in [4.69, 9.17) is 5.73 Å². The molecule has 4 heteroatoms. The van der Waals surface area contributed by atoms with E-state index in [1.807, 2.05) is 19.1 Å². The molecule has 0 radical (unpaired) electrons. The van der Waals surface area contributed by atoms with Crippen molar-refractivity contribution in [2.75, 3.05) is 0 Å². The maximum absolute atomic E-state index is 6.19. The lowest BCUT2D eigenvalue weighted by Gasteiger charge is -2.12. The van der Waals surface area contributed by atoms with Gasteiger partial charge >= 0.3 is 0 Å². The van der Waals surface area contributed by atoms with E-state index in [0.717, 1.165) is 16.1 Å². The lowest BCUT2D eigenvalue weighted by molar-refractivity contribution is 0.865. The first kappa shape index (κ1) is 10.3. The largest absolute Gasteiger partial charge is 0.319 e. The van der Waals surface area contributed by atoms with Gasteiger partial charge in [0.15, 0.2) is 0 Å². The second-order valence-electron chi connectivity index (χ2n) is 3.56. The lowest BCUT2D eigenvalue weighted by atomic mass is 10.0. The van der Waals surface area contributed by atoms with Crippen molar-refractivity contribution < 1.29 is 0 Å². The van der Waals surface area contributed by atoms with Crippen LogP contribution in [0.15, 0.2) is 24.3 Å². The highest BCUT2D eigenvalue weighted by molar-refractivity contribution is 7.05. The van der Waals surface area contributed by atoms with E-state index in [1.165, 1.54) is 17.1 Å². The van der Waals surface area contributed by atoms with Gasteiger partial charge in [-0.05, 0) is 36.5 Å². The minimum absolute atomic E-state index is 0.105. The third-order valence-electron chi connectivity index (χ3n) is 2.49. The molecule has 2 N–H and O–H groups in total. The number of benzene rings is 1. The SMILES string of the molecule is Cc1ccccc1C(N)c1snnc1C. The summed E-state index contributed by atoms with van der Waals surface area (Å²) in [6, 6.07) is 8.04. The quantitative estimate of drug-likeness (QED) is 0.842. The zero-order valence-corrected chi connectivity index (χ0v) is 9.58. The van der Waals surface area contributed by atoms with Crippen LogP contribution in [0.25, 0.3) is 0 Å². The summed E-state index contributed by atoms with van der Waals surface area (Å²) >= 11 is 1.38. The Morgan fingerprint density at radius 1 is 1.27 bits per heavy atom. The van der Waals surface area contributed by atoms with Crippen LogP contribution in [0.4, 0.5) is 0 Å². The first-order valence-electron chi connectivity index (χ1n) is 4.80. The number of aryl methyl sites for hydroxylation is 2. The summed E-state index contributed by atoms with van der Waals surface area (Å²) in [6.07, 6.45) is 0. The van der Waals surface area contributed by atoms with Gasteiger partial charge < -0.3 is 5.73 Å². The van der Waals surface area contributed by atoms with Gasteiger partial charge in [0.2, 0.25) is 0 Å². The Bertz CT molecular complexity index is 464. The summed E-state index contributed by atoms with van der Waals surface area (Å²) in [5.41, 5.74) is 9.47. The Morgan fingerprint density at radius 2 is 2.00 bits per heavy atom. The second kappa shape index (κ2) is 4.08. The molecule has 1 heterocycles. The first-order valence-corrected chi connectivity index (χ1v) is 5.57. The van der Waals surface area contributed by atoms with Gasteiger partial charge in [0.25, 0.3) is 0 Å². The standard InChI is InChI=1S/C11H13N3S/c1-7-5-3-4-6-9(7)10(12)11-8(2)13-14-15-11/h3-6,10H,12H2,1-2H3. The molecule has 1 aromatic heterocycles. The molecule has 0 aliphatic carbocycles. The number of rotatable bonds is 2. The topological polar surface area (TPSA) is 51.8 Å². The predicted molar refractivity (Wildman–Crippen MR) is 61.9 cm³/mol. The summed E-state index contributed by atoms with van der Waals surface area (Å²) < 4.78 is 3.91. The van der Waals surface area contributed by atoms with Gasteiger partial charge in [-0.15, -0.1) is 5.10 Å². The lowest BCUT2D eigenvalue weighted by Crippen LogP contribution is -2.12. The van der Waals surface area contributed by atoms with Gasteiger partial charge in [-0.1, -0.05) is 28.8 Å². The fraction of sp³-hybridized carbons (Fsp3) is 0.273. The van der Waals surface area contributed by atoms with E-state index in [1.54, 1.807) is 0 Å². The molecule has 0 saturated carbocycles. The van der Waals surface area contributed by atoms with Crippen LogP contribution in [-0.4, -0.2) is 9.59 Å². The van der Waals surface area contributed by atoms with E-state index in [9.17, 15) is 0 Å². The van der Waals surface area contributed by atoms with Gasteiger partial charge in [-0.2, -0.15) is 0 Å². The van der Waals surface area contributed by atoms with Gasteiger partial charge in [0, 0.05) is 0 Å². The van der Waals surface area contributed by atoms with Crippen molar-refractivity contribution in [1.82, 2.24) is 9.59 Å². The van der Waals surface area contributed by atoms with Crippen molar-refractivity contribution in [3.8, 4) is 0 Å². The van der Waals surface area contributed by atoms with Crippen LogP contribution in [0, 0.1) is 13.8 Å². The first-order chi connectivity index (χ1) is 7.20. The Morgan fingerprint density at radius 3 is 2.60 bits per heavy atom. The number of hydrogen-bond donors (Lipinski definition) is 1. The normalized spacial score (nSPS) is 12.7. The molecular formula is C11H13N3S. The zero-order valence-electron chi connectivity index (χ0n) is 8.77. The minimum Gasteiger partial charge on any atom is -0.319 e. The molecule has 2 rings (SSSR count). The highest BCUT2D eigenvalue weighted by atomic mass is 32.1. The molecule has 0 aliphatic rings. The molecule has 1 atom stereocenters. The van der Waals surface area contributed by atoms with Crippen LogP contribution in [0.5, 0.6) is 0 Å². The van der Waals surface area contributed by atoms with Gasteiger partial charge in [0.1, 0.15) is 0 Å². The molecule has 78 valence electrons. The average Bonchev–Trinajstić information content (AvgIpc) is 2.64. The summed E-state index contributed by atoms with van der Waals surface area (Å²) in [5.74, 6) is 0. The fourth-order valence-electron chi connectivity index (χ4n) is 1.60. The summed E-state index contributed by atoms with van der Waals surface area (Å²) in [5, 5.41) is 3.98. The molecule has 0 bridgehead atoms. The minimum atomic E-state index is -0.105. The van der Waals surface area contributed by atoms with E-state index in [-0.39, 0.29) is 6.04 Å². The molecule has 15 heavy (non-hydrogen) atoms. The summed E-state index contributed by atoms with van der Waals surface area (Å²) in [7, 11) is 0. The Kier molecular flexibility index (Phi) is 2.79. The van der Waals surface area contributed by atoms with Crippen molar-refractivity contribution >= 4 is 11.5 Å². The van der Waals surface area contributed by atoms with Crippen LogP contribution >= 0.6 is 11.5 Å². The molecular weight excluding hydrogens is 206 g/mol. The Balaban J connectivity index is 2.41. The van der Waals surface area contributed by atoms with Crippen LogP contribution in [0.3, 0.4) is 0 Å². The van der Waals surface area contributed by atoms with Crippen molar-refractivity contribution in [2.24, 2.45) is 5.73 Å². The molecule has 2 aromatic rings.